The molecule has 0 saturated carbocycles. The number of benzene rings is 1. The van der Waals surface area contributed by atoms with E-state index in [0.29, 0.717) is 17.3 Å². The van der Waals surface area contributed by atoms with Crippen molar-refractivity contribution in [3.8, 4) is 11.4 Å². The summed E-state index contributed by atoms with van der Waals surface area (Å²) in [6, 6.07) is 5.58. The zero-order valence-electron chi connectivity index (χ0n) is 18.9. The van der Waals surface area contributed by atoms with Crippen molar-refractivity contribution in [3.63, 3.8) is 0 Å². The fourth-order valence-corrected chi connectivity index (χ4v) is 5.38. The molecule has 3 amide bonds. The second kappa shape index (κ2) is 9.71. The van der Waals surface area contributed by atoms with Gasteiger partial charge in [0, 0.05) is 50.4 Å². The first-order valence-electron chi connectivity index (χ1n) is 12.2. The molecule has 4 heterocycles. The van der Waals surface area contributed by atoms with Crippen LogP contribution in [0.5, 0.6) is 0 Å². The molecule has 176 valence electrons. The van der Waals surface area contributed by atoms with Gasteiger partial charge in [-0.2, -0.15) is 0 Å². The highest BCUT2D eigenvalue weighted by molar-refractivity contribution is 6.33. The summed E-state index contributed by atoms with van der Waals surface area (Å²) >= 11 is 6.53. The number of fused-ring (bicyclic) bond motifs is 1. The lowest BCUT2D eigenvalue weighted by Gasteiger charge is -2.34. The van der Waals surface area contributed by atoms with Crippen molar-refractivity contribution in [1.29, 1.82) is 0 Å². The number of likely N-dealkylation sites (tertiary alicyclic amines) is 2. The number of carbonyl (C=O) groups is 2. The molecule has 3 aliphatic rings. The van der Waals surface area contributed by atoms with Gasteiger partial charge in [-0.1, -0.05) is 18.0 Å². The Morgan fingerprint density at radius 3 is 2.58 bits per heavy atom. The zero-order chi connectivity index (χ0) is 22.8. The lowest BCUT2D eigenvalue weighted by atomic mass is 9.97. The predicted octanol–water partition coefficient (Wildman–Crippen LogP) is 4.19. The van der Waals surface area contributed by atoms with E-state index < -0.39 is 0 Å². The van der Waals surface area contributed by atoms with E-state index in [4.69, 9.17) is 11.6 Å². The van der Waals surface area contributed by atoms with Crippen molar-refractivity contribution in [2.24, 2.45) is 5.92 Å². The number of aryl methyl sites for hydroxylation is 1. The second-order valence-corrected chi connectivity index (χ2v) is 9.76. The Bertz CT molecular complexity index is 1030. The van der Waals surface area contributed by atoms with Crippen molar-refractivity contribution in [2.75, 3.05) is 31.5 Å². The molecule has 2 aromatic rings. The molecule has 1 N–H and O–H groups in total. The van der Waals surface area contributed by atoms with Gasteiger partial charge in [-0.15, -0.1) is 10.2 Å². The number of urea groups is 1. The summed E-state index contributed by atoms with van der Waals surface area (Å²) in [5.74, 6) is 1.49. The quantitative estimate of drug-likeness (QED) is 0.729. The van der Waals surface area contributed by atoms with Crippen LogP contribution in [0.25, 0.3) is 11.4 Å². The first kappa shape index (κ1) is 22.2. The van der Waals surface area contributed by atoms with Gasteiger partial charge in [0.25, 0.3) is 0 Å². The van der Waals surface area contributed by atoms with Gasteiger partial charge in [-0.3, -0.25) is 4.79 Å². The van der Waals surface area contributed by atoms with Crippen LogP contribution in [0.2, 0.25) is 5.02 Å². The summed E-state index contributed by atoms with van der Waals surface area (Å²) in [6.07, 6.45) is 8.10. The lowest BCUT2D eigenvalue weighted by molar-refractivity contribution is -0.121. The minimum atomic E-state index is -0.214. The minimum absolute atomic E-state index is 0.0535. The molecule has 0 spiro atoms. The van der Waals surface area contributed by atoms with Gasteiger partial charge < -0.3 is 19.7 Å². The minimum Gasteiger partial charge on any atom is -0.326 e. The van der Waals surface area contributed by atoms with E-state index in [1.165, 1.54) is 6.42 Å². The van der Waals surface area contributed by atoms with Crippen LogP contribution in [0.15, 0.2) is 18.2 Å². The normalized spacial score (nSPS) is 20.9. The zero-order valence-corrected chi connectivity index (χ0v) is 19.7. The molecular formula is C24H31ClN6O2. The number of aromatic nitrogens is 3. The summed E-state index contributed by atoms with van der Waals surface area (Å²) in [5, 5.41) is 12.4. The van der Waals surface area contributed by atoms with E-state index >= 15 is 0 Å². The number of nitrogens with one attached hydrogen (secondary N) is 1. The Morgan fingerprint density at radius 1 is 0.939 bits per heavy atom. The van der Waals surface area contributed by atoms with Crippen molar-refractivity contribution in [2.45, 2.75) is 57.9 Å². The maximum absolute atomic E-state index is 13.1. The summed E-state index contributed by atoms with van der Waals surface area (Å²) in [7, 11) is 0. The van der Waals surface area contributed by atoms with Crippen molar-refractivity contribution in [1.82, 2.24) is 24.6 Å². The Kier molecular flexibility index (Phi) is 6.53. The third-order valence-corrected chi connectivity index (χ3v) is 7.35. The van der Waals surface area contributed by atoms with Gasteiger partial charge in [-0.25, -0.2) is 4.79 Å². The van der Waals surface area contributed by atoms with Gasteiger partial charge in [0.1, 0.15) is 5.82 Å². The van der Waals surface area contributed by atoms with Crippen LogP contribution < -0.4 is 5.32 Å². The topological polar surface area (TPSA) is 83.4 Å². The Hall–Kier alpha value is -2.61. The number of halogens is 1. The number of piperidine rings is 1. The highest BCUT2D eigenvalue weighted by atomic mass is 35.5. The summed E-state index contributed by atoms with van der Waals surface area (Å²) in [5.41, 5.74) is 1.47. The average Bonchev–Trinajstić information content (AvgIpc) is 3.45. The summed E-state index contributed by atoms with van der Waals surface area (Å²) < 4.78 is 2.16. The molecule has 2 saturated heterocycles. The van der Waals surface area contributed by atoms with E-state index in [1.54, 1.807) is 6.07 Å². The molecule has 1 unspecified atom stereocenters. The maximum Gasteiger partial charge on any atom is 0.320 e. The van der Waals surface area contributed by atoms with Crippen LogP contribution in [-0.2, 0) is 17.8 Å². The van der Waals surface area contributed by atoms with Crippen LogP contribution >= 0.6 is 11.6 Å². The smallest absolute Gasteiger partial charge is 0.320 e. The van der Waals surface area contributed by atoms with E-state index in [2.05, 4.69) is 20.1 Å². The Morgan fingerprint density at radius 2 is 1.73 bits per heavy atom. The third-order valence-electron chi connectivity index (χ3n) is 7.02. The summed E-state index contributed by atoms with van der Waals surface area (Å²) in [4.78, 5) is 29.6. The average molecular weight is 471 g/mol. The van der Waals surface area contributed by atoms with Crippen LogP contribution in [0.1, 0.15) is 50.8 Å². The van der Waals surface area contributed by atoms with Gasteiger partial charge >= 0.3 is 6.03 Å². The number of hydrogen-bond donors (Lipinski definition) is 1. The molecular weight excluding hydrogens is 440 g/mol. The molecule has 1 atom stereocenters. The van der Waals surface area contributed by atoms with Crippen molar-refractivity contribution >= 4 is 29.2 Å². The molecule has 9 heteroatoms. The Balaban J connectivity index is 1.29. The molecule has 5 rings (SSSR count). The number of carbonyl (C=O) groups excluding carboxylic acids is 2. The van der Waals surface area contributed by atoms with Gasteiger partial charge in [0.05, 0.1) is 10.9 Å². The molecule has 0 bridgehead atoms. The van der Waals surface area contributed by atoms with Crippen molar-refractivity contribution < 1.29 is 9.59 Å². The molecule has 1 aromatic carbocycles. The highest BCUT2D eigenvalue weighted by Crippen LogP contribution is 2.32. The van der Waals surface area contributed by atoms with E-state index in [1.807, 2.05) is 21.9 Å². The number of anilines is 1. The SMILES string of the molecule is O=C(Nc1ccc(Cl)c(-c2nnc3n2CCCCC3)c1)C1CCCN(C(=O)N2CCCC2)C1. The summed E-state index contributed by atoms with van der Waals surface area (Å²) in [6.45, 7) is 3.73. The highest BCUT2D eigenvalue weighted by Gasteiger charge is 2.31. The molecule has 1 aromatic heterocycles. The molecule has 0 aliphatic carbocycles. The predicted molar refractivity (Wildman–Crippen MR) is 127 cm³/mol. The van der Waals surface area contributed by atoms with Gasteiger partial charge in [-0.05, 0) is 56.7 Å². The Labute approximate surface area is 199 Å². The van der Waals surface area contributed by atoms with Crippen LogP contribution in [0, 0.1) is 5.92 Å². The first-order chi connectivity index (χ1) is 16.1. The second-order valence-electron chi connectivity index (χ2n) is 9.35. The van der Waals surface area contributed by atoms with Crippen LogP contribution in [0.4, 0.5) is 10.5 Å². The molecule has 8 nitrogen and oxygen atoms in total. The largest absolute Gasteiger partial charge is 0.326 e. The number of nitrogens with zero attached hydrogens (tertiary/aromatic N) is 5. The van der Waals surface area contributed by atoms with Crippen molar-refractivity contribution in [3.05, 3.63) is 29.0 Å². The van der Waals surface area contributed by atoms with Crippen LogP contribution in [-0.4, -0.2) is 62.7 Å². The lowest BCUT2D eigenvalue weighted by Crippen LogP contribution is -2.48. The number of amides is 3. The maximum atomic E-state index is 13.1. The third kappa shape index (κ3) is 4.71. The van der Waals surface area contributed by atoms with E-state index in [9.17, 15) is 9.59 Å². The van der Waals surface area contributed by atoms with E-state index in [0.717, 1.165) is 88.3 Å². The molecule has 0 radical (unpaired) electrons. The van der Waals surface area contributed by atoms with Gasteiger partial charge in [0.15, 0.2) is 5.82 Å². The fourth-order valence-electron chi connectivity index (χ4n) is 5.18. The monoisotopic (exact) mass is 470 g/mol. The van der Waals surface area contributed by atoms with E-state index in [-0.39, 0.29) is 17.9 Å². The standard InChI is InChI=1S/C24H31ClN6O2/c25-20-10-9-18(15-19(20)22-28-27-21-8-2-1-3-14-31(21)22)26-23(32)17-7-6-13-30(16-17)24(33)29-11-4-5-12-29/h9-10,15,17H,1-8,11-14,16H2,(H,26,32). The molecule has 3 aliphatic heterocycles. The first-order valence-corrected chi connectivity index (χ1v) is 12.5. The van der Waals surface area contributed by atoms with Gasteiger partial charge in [0.2, 0.25) is 5.91 Å². The van der Waals surface area contributed by atoms with Crippen LogP contribution in [0.3, 0.4) is 0 Å². The number of rotatable bonds is 3. The fraction of sp³-hybridized carbons (Fsp3) is 0.583. The molecule has 2 fully saturated rings. The number of hydrogen-bond acceptors (Lipinski definition) is 4. The molecule has 33 heavy (non-hydrogen) atoms.